The summed E-state index contributed by atoms with van der Waals surface area (Å²) in [5.41, 5.74) is 0.556. The number of carboxylic acids is 1. The molecule has 0 unspecified atom stereocenters. The third-order valence-corrected chi connectivity index (χ3v) is 1.65. The molecule has 0 aliphatic carbocycles. The maximum atomic E-state index is 11.1. The van der Waals surface area contributed by atoms with E-state index in [9.17, 15) is 9.59 Å². The Hall–Kier alpha value is -2.04. The van der Waals surface area contributed by atoms with Crippen LogP contribution in [0.3, 0.4) is 0 Å². The van der Waals surface area contributed by atoms with Gasteiger partial charge in [0.15, 0.2) is 6.10 Å². The van der Waals surface area contributed by atoms with Crippen LogP contribution in [0.15, 0.2) is 30.3 Å². The number of carboxylic acid groups (broad SMARTS) is 1. The molecule has 0 fully saturated rings. The van der Waals surface area contributed by atoms with Crippen molar-refractivity contribution in [1.29, 1.82) is 0 Å². The maximum absolute atomic E-state index is 11.1. The van der Waals surface area contributed by atoms with Gasteiger partial charge >= 0.3 is 12.1 Å². The number of carbonyl (C=O) groups is 2. The predicted octanol–water partition coefficient (Wildman–Crippen LogP) is 1.71. The Bertz CT molecular complexity index is 350. The average molecular weight is 209 g/mol. The van der Waals surface area contributed by atoms with Crippen molar-refractivity contribution < 1.29 is 19.4 Å². The standard InChI is InChI=1S/C10H11NO4/c1-7(9(12)13)15-10(14)11-8-5-3-2-4-6-8/h2-7H,1H3,(H,11,14)(H,12,13)/t7-/m1/s1. The smallest absolute Gasteiger partial charge is 0.412 e. The Morgan fingerprint density at radius 3 is 2.47 bits per heavy atom. The predicted molar refractivity (Wildman–Crippen MR) is 53.6 cm³/mol. The molecule has 0 saturated heterocycles. The summed E-state index contributed by atoms with van der Waals surface area (Å²) in [5, 5.41) is 10.9. The lowest BCUT2D eigenvalue weighted by Gasteiger charge is -2.09. The Balaban J connectivity index is 2.47. The first kappa shape index (κ1) is 11.0. The van der Waals surface area contributed by atoms with Crippen LogP contribution in [0.2, 0.25) is 0 Å². The fourth-order valence-corrected chi connectivity index (χ4v) is 0.880. The molecule has 1 atom stereocenters. The lowest BCUT2D eigenvalue weighted by molar-refractivity contribution is -0.145. The van der Waals surface area contributed by atoms with Crippen molar-refractivity contribution in [3.63, 3.8) is 0 Å². The van der Waals surface area contributed by atoms with Crippen LogP contribution in [0, 0.1) is 0 Å². The molecular formula is C10H11NO4. The van der Waals surface area contributed by atoms with Gasteiger partial charge in [0, 0.05) is 5.69 Å². The number of amides is 1. The zero-order chi connectivity index (χ0) is 11.3. The van der Waals surface area contributed by atoms with Gasteiger partial charge in [0.2, 0.25) is 0 Å². The second-order valence-corrected chi connectivity index (χ2v) is 2.88. The third-order valence-electron chi connectivity index (χ3n) is 1.65. The third kappa shape index (κ3) is 3.68. The number of rotatable bonds is 3. The highest BCUT2D eigenvalue weighted by Gasteiger charge is 2.15. The van der Waals surface area contributed by atoms with Crippen LogP contribution < -0.4 is 5.32 Å². The van der Waals surface area contributed by atoms with Gasteiger partial charge in [-0.3, -0.25) is 5.32 Å². The molecule has 0 spiro atoms. The van der Waals surface area contributed by atoms with E-state index in [2.05, 4.69) is 10.1 Å². The van der Waals surface area contributed by atoms with E-state index in [-0.39, 0.29) is 0 Å². The Morgan fingerprint density at radius 1 is 1.33 bits per heavy atom. The van der Waals surface area contributed by atoms with E-state index in [1.807, 2.05) is 0 Å². The van der Waals surface area contributed by atoms with E-state index in [0.717, 1.165) is 0 Å². The number of aliphatic carboxylic acids is 1. The van der Waals surface area contributed by atoms with E-state index < -0.39 is 18.2 Å². The van der Waals surface area contributed by atoms with Crippen molar-refractivity contribution in [1.82, 2.24) is 0 Å². The summed E-state index contributed by atoms with van der Waals surface area (Å²) in [5.74, 6) is -1.18. The van der Waals surface area contributed by atoms with Gasteiger partial charge < -0.3 is 9.84 Å². The molecule has 2 N–H and O–H groups in total. The van der Waals surface area contributed by atoms with Crippen LogP contribution >= 0.6 is 0 Å². The summed E-state index contributed by atoms with van der Waals surface area (Å²) in [7, 11) is 0. The molecule has 15 heavy (non-hydrogen) atoms. The summed E-state index contributed by atoms with van der Waals surface area (Å²) in [6.07, 6.45) is -1.94. The molecule has 1 aromatic rings. The van der Waals surface area contributed by atoms with Gasteiger partial charge in [0.1, 0.15) is 0 Å². The van der Waals surface area contributed by atoms with Gasteiger partial charge in [-0.2, -0.15) is 0 Å². The molecule has 5 nitrogen and oxygen atoms in total. The zero-order valence-corrected chi connectivity index (χ0v) is 8.14. The maximum Gasteiger partial charge on any atom is 0.412 e. The number of carbonyl (C=O) groups excluding carboxylic acids is 1. The molecule has 1 aromatic carbocycles. The molecule has 0 aliphatic heterocycles. The van der Waals surface area contributed by atoms with Gasteiger partial charge in [-0.05, 0) is 19.1 Å². The topological polar surface area (TPSA) is 75.6 Å². The van der Waals surface area contributed by atoms with Crippen molar-refractivity contribution in [2.24, 2.45) is 0 Å². The summed E-state index contributed by atoms with van der Waals surface area (Å²) >= 11 is 0. The zero-order valence-electron chi connectivity index (χ0n) is 8.14. The lowest BCUT2D eigenvalue weighted by Crippen LogP contribution is -2.26. The van der Waals surface area contributed by atoms with E-state index in [4.69, 9.17) is 5.11 Å². The van der Waals surface area contributed by atoms with Gasteiger partial charge in [-0.1, -0.05) is 18.2 Å². The van der Waals surface area contributed by atoms with E-state index in [1.165, 1.54) is 6.92 Å². The van der Waals surface area contributed by atoms with Crippen molar-refractivity contribution in [3.05, 3.63) is 30.3 Å². The summed E-state index contributed by atoms with van der Waals surface area (Å²) in [6.45, 7) is 1.28. The summed E-state index contributed by atoms with van der Waals surface area (Å²) < 4.78 is 4.57. The van der Waals surface area contributed by atoms with Crippen LogP contribution in [0.25, 0.3) is 0 Å². The first-order chi connectivity index (χ1) is 7.09. The Labute approximate surface area is 86.7 Å². The molecule has 0 aliphatic rings. The summed E-state index contributed by atoms with van der Waals surface area (Å²) in [4.78, 5) is 21.5. The Morgan fingerprint density at radius 2 is 1.93 bits per heavy atom. The highest BCUT2D eigenvalue weighted by Crippen LogP contribution is 2.06. The molecular weight excluding hydrogens is 198 g/mol. The van der Waals surface area contributed by atoms with Crippen molar-refractivity contribution in [2.75, 3.05) is 5.32 Å². The van der Waals surface area contributed by atoms with Gasteiger partial charge in [0.05, 0.1) is 0 Å². The SMILES string of the molecule is C[C@@H](OC(=O)Nc1ccccc1)C(=O)O. The quantitative estimate of drug-likeness (QED) is 0.794. The number of hydrogen-bond donors (Lipinski definition) is 2. The van der Waals surface area contributed by atoms with Gasteiger partial charge in [-0.15, -0.1) is 0 Å². The Kier molecular flexibility index (Phi) is 3.68. The fraction of sp³-hybridized carbons (Fsp3) is 0.200. The second kappa shape index (κ2) is 4.99. The van der Waals surface area contributed by atoms with Crippen LogP contribution in [-0.4, -0.2) is 23.3 Å². The van der Waals surface area contributed by atoms with Crippen molar-refractivity contribution in [2.45, 2.75) is 13.0 Å². The minimum atomic E-state index is -1.18. The number of para-hydroxylation sites is 1. The van der Waals surface area contributed by atoms with Gasteiger partial charge in [-0.25, -0.2) is 9.59 Å². The molecule has 0 bridgehead atoms. The monoisotopic (exact) mass is 209 g/mol. The largest absolute Gasteiger partial charge is 0.479 e. The van der Waals surface area contributed by atoms with Crippen molar-refractivity contribution >= 4 is 17.7 Å². The number of anilines is 1. The van der Waals surface area contributed by atoms with Crippen LogP contribution in [0.1, 0.15) is 6.92 Å². The molecule has 0 aromatic heterocycles. The fourth-order valence-electron chi connectivity index (χ4n) is 0.880. The minimum absolute atomic E-state index is 0.556. The van der Waals surface area contributed by atoms with Crippen molar-refractivity contribution in [3.8, 4) is 0 Å². The van der Waals surface area contributed by atoms with E-state index in [0.29, 0.717) is 5.69 Å². The van der Waals surface area contributed by atoms with Crippen LogP contribution in [0.5, 0.6) is 0 Å². The highest BCUT2D eigenvalue weighted by atomic mass is 16.6. The van der Waals surface area contributed by atoms with E-state index >= 15 is 0 Å². The minimum Gasteiger partial charge on any atom is -0.479 e. The lowest BCUT2D eigenvalue weighted by atomic mass is 10.3. The molecule has 80 valence electrons. The van der Waals surface area contributed by atoms with Crippen LogP contribution in [-0.2, 0) is 9.53 Å². The number of nitrogens with one attached hydrogen (secondary N) is 1. The average Bonchev–Trinajstić information content (AvgIpc) is 2.18. The first-order valence-electron chi connectivity index (χ1n) is 4.35. The number of benzene rings is 1. The van der Waals surface area contributed by atoms with Crippen LogP contribution in [0.4, 0.5) is 10.5 Å². The normalized spacial score (nSPS) is 11.5. The molecule has 5 heteroatoms. The highest BCUT2D eigenvalue weighted by molar-refractivity contribution is 5.86. The number of ether oxygens (including phenoxy) is 1. The molecule has 0 heterocycles. The van der Waals surface area contributed by atoms with Gasteiger partial charge in [0.25, 0.3) is 0 Å². The molecule has 0 radical (unpaired) electrons. The van der Waals surface area contributed by atoms with E-state index in [1.54, 1.807) is 30.3 Å². The molecule has 1 rings (SSSR count). The molecule has 0 saturated carbocycles. The molecule has 1 amide bonds. The summed E-state index contributed by atoms with van der Waals surface area (Å²) in [6, 6.07) is 8.64. The second-order valence-electron chi connectivity index (χ2n) is 2.88. The number of hydrogen-bond acceptors (Lipinski definition) is 3. The first-order valence-corrected chi connectivity index (χ1v) is 4.35.